The number of benzene rings is 1. The van der Waals surface area contributed by atoms with Crippen molar-refractivity contribution in [3.8, 4) is 17.2 Å². The number of aromatic nitrogens is 1. The minimum atomic E-state index is 0.493. The molecule has 0 aliphatic heterocycles. The van der Waals surface area contributed by atoms with Gasteiger partial charge in [0.15, 0.2) is 17.5 Å². The highest BCUT2D eigenvalue weighted by Crippen LogP contribution is 2.38. The summed E-state index contributed by atoms with van der Waals surface area (Å²) in [4.78, 5) is 8.93. The predicted molar refractivity (Wildman–Crippen MR) is 121 cm³/mol. The lowest BCUT2D eigenvalue weighted by molar-refractivity contribution is 0.324. The van der Waals surface area contributed by atoms with Crippen LogP contribution in [-0.4, -0.2) is 51.9 Å². The molecule has 1 aromatic heterocycles. The molecule has 0 spiro atoms. The fourth-order valence-electron chi connectivity index (χ4n) is 2.88. The highest BCUT2D eigenvalue weighted by atomic mass is 16.5. The normalized spacial score (nSPS) is 11.0. The minimum Gasteiger partial charge on any atom is -0.493 e. The third kappa shape index (κ3) is 7.35. The molecule has 8 nitrogen and oxygen atoms in total. The van der Waals surface area contributed by atoms with E-state index in [9.17, 15) is 0 Å². The number of ether oxygens (including phenoxy) is 3. The zero-order valence-corrected chi connectivity index (χ0v) is 18.3. The first-order chi connectivity index (χ1) is 14.7. The molecular weight excluding hydrogens is 382 g/mol. The van der Waals surface area contributed by atoms with E-state index < -0.39 is 0 Å². The van der Waals surface area contributed by atoms with Gasteiger partial charge >= 0.3 is 0 Å². The molecule has 0 saturated heterocycles. The number of nitrogens with zero attached hydrogens (tertiary/aromatic N) is 2. The van der Waals surface area contributed by atoms with Crippen LogP contribution in [0.2, 0.25) is 0 Å². The fraction of sp³-hybridized carbons (Fsp3) is 0.455. The number of hydrogen-bond acceptors (Lipinski definition) is 6. The van der Waals surface area contributed by atoms with E-state index >= 15 is 0 Å². The van der Waals surface area contributed by atoms with Crippen molar-refractivity contribution in [2.75, 3.05) is 46.3 Å². The van der Waals surface area contributed by atoms with Gasteiger partial charge in [-0.1, -0.05) is 6.07 Å². The third-order valence-electron chi connectivity index (χ3n) is 4.36. The van der Waals surface area contributed by atoms with Gasteiger partial charge in [0.05, 0.1) is 27.9 Å². The van der Waals surface area contributed by atoms with Crippen LogP contribution in [0.15, 0.2) is 41.5 Å². The predicted octanol–water partition coefficient (Wildman–Crippen LogP) is 3.05. The average Bonchev–Trinajstić information content (AvgIpc) is 2.79. The van der Waals surface area contributed by atoms with Crippen molar-refractivity contribution >= 4 is 11.8 Å². The van der Waals surface area contributed by atoms with Crippen molar-refractivity contribution in [1.29, 1.82) is 0 Å². The number of nitrogens with one attached hydrogen (secondary N) is 3. The van der Waals surface area contributed by atoms with Gasteiger partial charge in [-0.05, 0) is 49.6 Å². The van der Waals surface area contributed by atoms with Gasteiger partial charge in [0.25, 0.3) is 0 Å². The summed E-state index contributed by atoms with van der Waals surface area (Å²) in [6.45, 7) is 5.06. The van der Waals surface area contributed by atoms with E-state index in [1.807, 2.05) is 37.3 Å². The van der Waals surface area contributed by atoms with Gasteiger partial charge in [0.2, 0.25) is 5.75 Å². The van der Waals surface area contributed by atoms with Crippen LogP contribution in [0, 0.1) is 0 Å². The number of rotatable bonds is 12. The molecular formula is C22H33N5O3. The summed E-state index contributed by atoms with van der Waals surface area (Å²) in [5.74, 6) is 3.52. The topological polar surface area (TPSA) is 89.0 Å². The second-order valence-electron chi connectivity index (χ2n) is 6.50. The molecule has 2 aromatic rings. The van der Waals surface area contributed by atoms with Gasteiger partial charge in [0, 0.05) is 25.8 Å². The summed E-state index contributed by atoms with van der Waals surface area (Å²) in [6.07, 6.45) is 3.85. The van der Waals surface area contributed by atoms with Crippen molar-refractivity contribution in [2.24, 2.45) is 4.99 Å². The first-order valence-corrected chi connectivity index (χ1v) is 10.2. The largest absolute Gasteiger partial charge is 0.493 e. The van der Waals surface area contributed by atoms with E-state index in [0.29, 0.717) is 23.8 Å². The van der Waals surface area contributed by atoms with Crippen LogP contribution < -0.4 is 30.2 Å². The number of aliphatic imine (C=N–C) groups is 1. The molecule has 0 amide bonds. The summed E-state index contributed by atoms with van der Waals surface area (Å²) >= 11 is 0. The Bertz CT molecular complexity index is 759. The van der Waals surface area contributed by atoms with E-state index in [0.717, 1.165) is 49.8 Å². The molecule has 0 radical (unpaired) electrons. The SMILES string of the molecule is CCNC(=NCc1cc(OC)c(OC)c(OC)c1)NCCCCNc1ccccn1. The summed E-state index contributed by atoms with van der Waals surface area (Å²) < 4.78 is 16.2. The van der Waals surface area contributed by atoms with Crippen LogP contribution >= 0.6 is 0 Å². The maximum absolute atomic E-state index is 5.41. The number of methoxy groups -OCH3 is 3. The Morgan fingerprint density at radius 3 is 2.30 bits per heavy atom. The molecule has 164 valence electrons. The quantitative estimate of drug-likeness (QED) is 0.279. The Morgan fingerprint density at radius 2 is 1.70 bits per heavy atom. The number of pyridine rings is 1. The fourth-order valence-corrected chi connectivity index (χ4v) is 2.88. The monoisotopic (exact) mass is 415 g/mol. The molecule has 1 heterocycles. The average molecular weight is 416 g/mol. The molecule has 0 bridgehead atoms. The van der Waals surface area contributed by atoms with Crippen molar-refractivity contribution < 1.29 is 14.2 Å². The maximum Gasteiger partial charge on any atom is 0.203 e. The van der Waals surface area contributed by atoms with Gasteiger partial charge in [-0.25, -0.2) is 9.98 Å². The molecule has 0 fully saturated rings. The lowest BCUT2D eigenvalue weighted by Gasteiger charge is -2.14. The van der Waals surface area contributed by atoms with Crippen molar-refractivity contribution in [1.82, 2.24) is 15.6 Å². The number of hydrogen-bond donors (Lipinski definition) is 3. The summed E-state index contributed by atoms with van der Waals surface area (Å²) in [5.41, 5.74) is 0.973. The van der Waals surface area contributed by atoms with Crippen LogP contribution in [0.1, 0.15) is 25.3 Å². The maximum atomic E-state index is 5.41. The van der Waals surface area contributed by atoms with Crippen LogP contribution in [-0.2, 0) is 6.54 Å². The zero-order chi connectivity index (χ0) is 21.6. The molecule has 3 N–H and O–H groups in total. The Kier molecular flexibility index (Phi) is 10.1. The molecule has 30 heavy (non-hydrogen) atoms. The van der Waals surface area contributed by atoms with Crippen molar-refractivity contribution in [3.63, 3.8) is 0 Å². The molecule has 0 aliphatic carbocycles. The van der Waals surface area contributed by atoms with Crippen LogP contribution in [0.5, 0.6) is 17.2 Å². The van der Waals surface area contributed by atoms with Gasteiger partial charge in [-0.15, -0.1) is 0 Å². The number of anilines is 1. The van der Waals surface area contributed by atoms with E-state index in [1.165, 1.54) is 0 Å². The van der Waals surface area contributed by atoms with E-state index in [4.69, 9.17) is 14.2 Å². The molecule has 0 saturated carbocycles. The second-order valence-corrected chi connectivity index (χ2v) is 6.50. The Morgan fingerprint density at radius 1 is 0.967 bits per heavy atom. The minimum absolute atomic E-state index is 0.493. The lowest BCUT2D eigenvalue weighted by atomic mass is 10.2. The third-order valence-corrected chi connectivity index (χ3v) is 4.36. The number of unbranched alkanes of at least 4 members (excludes halogenated alkanes) is 1. The molecule has 8 heteroatoms. The van der Waals surface area contributed by atoms with Crippen LogP contribution in [0.4, 0.5) is 5.82 Å². The number of guanidine groups is 1. The summed E-state index contributed by atoms with van der Waals surface area (Å²) in [7, 11) is 4.81. The van der Waals surface area contributed by atoms with Gasteiger partial charge in [-0.3, -0.25) is 0 Å². The summed E-state index contributed by atoms with van der Waals surface area (Å²) in [5, 5.41) is 9.97. The molecule has 1 aromatic carbocycles. The van der Waals surface area contributed by atoms with Crippen molar-refractivity contribution in [3.05, 3.63) is 42.1 Å². The first-order valence-electron chi connectivity index (χ1n) is 10.2. The molecule has 0 aliphatic rings. The molecule has 0 unspecified atom stereocenters. The van der Waals surface area contributed by atoms with Crippen LogP contribution in [0.25, 0.3) is 0 Å². The van der Waals surface area contributed by atoms with Gasteiger partial charge in [0.1, 0.15) is 5.82 Å². The van der Waals surface area contributed by atoms with E-state index in [2.05, 4.69) is 25.9 Å². The molecule has 0 atom stereocenters. The van der Waals surface area contributed by atoms with Gasteiger partial charge < -0.3 is 30.2 Å². The first kappa shape index (κ1) is 23.1. The van der Waals surface area contributed by atoms with E-state index in [1.54, 1.807) is 27.5 Å². The Hall–Kier alpha value is -3.16. The van der Waals surface area contributed by atoms with Gasteiger partial charge in [-0.2, -0.15) is 0 Å². The van der Waals surface area contributed by atoms with Crippen LogP contribution in [0.3, 0.4) is 0 Å². The molecule has 2 rings (SSSR count). The zero-order valence-electron chi connectivity index (χ0n) is 18.3. The van der Waals surface area contributed by atoms with E-state index in [-0.39, 0.29) is 0 Å². The lowest BCUT2D eigenvalue weighted by Crippen LogP contribution is -2.37. The Balaban J connectivity index is 1.85. The highest BCUT2D eigenvalue weighted by Gasteiger charge is 2.13. The summed E-state index contributed by atoms with van der Waals surface area (Å²) in [6, 6.07) is 9.69. The van der Waals surface area contributed by atoms with Crippen molar-refractivity contribution in [2.45, 2.75) is 26.3 Å². The highest BCUT2D eigenvalue weighted by molar-refractivity contribution is 5.79. The standard InChI is InChI=1S/C22H33N5O3/c1-5-23-22(26-13-9-8-12-25-20-10-6-7-11-24-20)27-16-17-14-18(28-2)21(30-4)19(15-17)29-3/h6-7,10-11,14-15H,5,8-9,12-13,16H2,1-4H3,(H,24,25)(H2,23,26,27). The smallest absolute Gasteiger partial charge is 0.203 e. The Labute approximate surface area is 179 Å². The second kappa shape index (κ2) is 13.1.